The van der Waals surface area contributed by atoms with Crippen LogP contribution in [0.5, 0.6) is 0 Å². The molecular formula is C18H16BrN3OS2. The first-order valence-electron chi connectivity index (χ1n) is 7.53. The van der Waals surface area contributed by atoms with Crippen LogP contribution in [0, 0.1) is 0 Å². The van der Waals surface area contributed by atoms with Gasteiger partial charge in [-0.1, -0.05) is 27.7 Å². The van der Waals surface area contributed by atoms with Crippen LogP contribution in [-0.2, 0) is 11.8 Å². The van der Waals surface area contributed by atoms with E-state index in [4.69, 9.17) is 0 Å². The van der Waals surface area contributed by atoms with Crippen LogP contribution in [0.4, 0.5) is 5.69 Å². The summed E-state index contributed by atoms with van der Waals surface area (Å²) < 4.78 is 3.00. The van der Waals surface area contributed by atoms with E-state index in [-0.39, 0.29) is 5.91 Å². The van der Waals surface area contributed by atoms with Gasteiger partial charge in [-0.05, 0) is 48.5 Å². The van der Waals surface area contributed by atoms with Crippen LogP contribution < -0.4 is 5.32 Å². The highest BCUT2D eigenvalue weighted by Gasteiger charge is 2.06. The lowest BCUT2D eigenvalue weighted by molar-refractivity contribution is -0.113. The van der Waals surface area contributed by atoms with Crippen molar-refractivity contribution in [2.24, 2.45) is 7.05 Å². The van der Waals surface area contributed by atoms with Gasteiger partial charge in [0.05, 0.1) is 5.75 Å². The number of halogens is 1. The van der Waals surface area contributed by atoms with E-state index in [1.54, 1.807) is 18.0 Å². The van der Waals surface area contributed by atoms with Crippen molar-refractivity contribution in [2.45, 2.75) is 14.9 Å². The fourth-order valence-electron chi connectivity index (χ4n) is 2.04. The van der Waals surface area contributed by atoms with Crippen molar-refractivity contribution in [2.75, 3.05) is 11.1 Å². The molecule has 0 spiro atoms. The first-order valence-corrected chi connectivity index (χ1v) is 10.1. The van der Waals surface area contributed by atoms with E-state index in [9.17, 15) is 4.79 Å². The maximum atomic E-state index is 12.1. The quantitative estimate of drug-likeness (QED) is 0.551. The van der Waals surface area contributed by atoms with E-state index in [0.29, 0.717) is 5.75 Å². The summed E-state index contributed by atoms with van der Waals surface area (Å²) in [4.78, 5) is 18.5. The molecule has 1 amide bonds. The number of anilines is 1. The van der Waals surface area contributed by atoms with Crippen LogP contribution in [0.3, 0.4) is 0 Å². The Kier molecular flexibility index (Phi) is 6.23. The molecule has 3 aromatic rings. The molecule has 0 atom stereocenters. The van der Waals surface area contributed by atoms with Gasteiger partial charge in [0.1, 0.15) is 0 Å². The Morgan fingerprint density at radius 3 is 2.44 bits per heavy atom. The van der Waals surface area contributed by atoms with E-state index in [1.807, 2.05) is 66.3 Å². The number of hydrogen-bond donors (Lipinski definition) is 1. The van der Waals surface area contributed by atoms with Gasteiger partial charge < -0.3 is 9.88 Å². The van der Waals surface area contributed by atoms with Crippen LogP contribution in [0.2, 0.25) is 0 Å². The van der Waals surface area contributed by atoms with Gasteiger partial charge in [-0.25, -0.2) is 4.98 Å². The fraction of sp³-hybridized carbons (Fsp3) is 0.111. The Hall–Kier alpha value is -1.70. The molecular weight excluding hydrogens is 418 g/mol. The van der Waals surface area contributed by atoms with Crippen molar-refractivity contribution in [1.29, 1.82) is 0 Å². The average Bonchev–Trinajstić information content (AvgIpc) is 3.01. The smallest absolute Gasteiger partial charge is 0.234 e. The highest BCUT2D eigenvalue weighted by atomic mass is 79.9. The molecule has 0 saturated heterocycles. The molecule has 0 radical (unpaired) electrons. The highest BCUT2D eigenvalue weighted by molar-refractivity contribution is 9.10. The number of carbonyl (C=O) groups is 1. The van der Waals surface area contributed by atoms with E-state index < -0.39 is 0 Å². The number of hydrogen-bond acceptors (Lipinski definition) is 4. The summed E-state index contributed by atoms with van der Waals surface area (Å²) >= 11 is 6.51. The Morgan fingerprint density at radius 2 is 1.80 bits per heavy atom. The van der Waals surface area contributed by atoms with Crippen LogP contribution in [0.1, 0.15) is 0 Å². The fourth-order valence-corrected chi connectivity index (χ4v) is 3.80. The minimum atomic E-state index is -0.0163. The number of nitrogens with one attached hydrogen (secondary N) is 1. The van der Waals surface area contributed by atoms with E-state index >= 15 is 0 Å². The Balaban J connectivity index is 1.51. The number of amides is 1. The zero-order chi connectivity index (χ0) is 17.6. The lowest BCUT2D eigenvalue weighted by Gasteiger charge is -2.07. The third-order valence-electron chi connectivity index (χ3n) is 3.31. The van der Waals surface area contributed by atoms with Gasteiger partial charge in [-0.15, -0.1) is 11.8 Å². The molecule has 0 aliphatic rings. The molecule has 4 nitrogen and oxygen atoms in total. The zero-order valence-electron chi connectivity index (χ0n) is 13.5. The second kappa shape index (κ2) is 8.60. The van der Waals surface area contributed by atoms with Gasteiger partial charge in [-0.3, -0.25) is 4.79 Å². The molecule has 1 aromatic heterocycles. The maximum Gasteiger partial charge on any atom is 0.234 e. The topological polar surface area (TPSA) is 46.9 Å². The molecule has 0 unspecified atom stereocenters. The molecule has 0 aliphatic heterocycles. The number of nitrogens with zero attached hydrogens (tertiary/aromatic N) is 2. The van der Waals surface area contributed by atoms with Crippen molar-refractivity contribution in [3.8, 4) is 0 Å². The van der Waals surface area contributed by atoms with Crippen molar-refractivity contribution in [1.82, 2.24) is 9.55 Å². The summed E-state index contributed by atoms with van der Waals surface area (Å²) in [5.74, 6) is 0.364. The van der Waals surface area contributed by atoms with Crippen LogP contribution >= 0.6 is 39.5 Å². The predicted molar refractivity (Wildman–Crippen MR) is 107 cm³/mol. The van der Waals surface area contributed by atoms with Crippen molar-refractivity contribution < 1.29 is 4.79 Å². The van der Waals surface area contributed by atoms with Crippen molar-refractivity contribution in [3.63, 3.8) is 0 Å². The van der Waals surface area contributed by atoms with Crippen molar-refractivity contribution in [3.05, 3.63) is 65.4 Å². The second-order valence-electron chi connectivity index (χ2n) is 5.24. The Morgan fingerprint density at radius 1 is 1.12 bits per heavy atom. The van der Waals surface area contributed by atoms with E-state index in [2.05, 4.69) is 26.2 Å². The molecule has 1 N–H and O–H groups in total. The molecule has 0 saturated carbocycles. The Bertz CT molecular complexity index is 848. The van der Waals surface area contributed by atoms with Crippen LogP contribution in [-0.4, -0.2) is 21.2 Å². The number of carbonyl (C=O) groups excluding carboxylic acids is 1. The number of aryl methyl sites for hydroxylation is 1. The lowest BCUT2D eigenvalue weighted by Crippen LogP contribution is -2.13. The average molecular weight is 434 g/mol. The molecule has 7 heteroatoms. The molecule has 0 aliphatic carbocycles. The Labute approximate surface area is 163 Å². The summed E-state index contributed by atoms with van der Waals surface area (Å²) in [5.41, 5.74) is 0.797. The molecule has 128 valence electrons. The summed E-state index contributed by atoms with van der Waals surface area (Å²) in [5, 5.41) is 3.85. The van der Waals surface area contributed by atoms with Gasteiger partial charge in [-0.2, -0.15) is 0 Å². The summed E-state index contributed by atoms with van der Waals surface area (Å²) in [6, 6.07) is 15.7. The lowest BCUT2D eigenvalue weighted by atomic mass is 10.3. The predicted octanol–water partition coefficient (Wildman–Crippen LogP) is 5.06. The number of thioether (sulfide) groups is 1. The van der Waals surface area contributed by atoms with Gasteiger partial charge in [0.25, 0.3) is 0 Å². The van der Waals surface area contributed by atoms with Gasteiger partial charge >= 0.3 is 0 Å². The largest absolute Gasteiger partial charge is 0.329 e. The highest BCUT2D eigenvalue weighted by Crippen LogP contribution is 2.27. The maximum absolute atomic E-state index is 12.1. The van der Waals surface area contributed by atoms with E-state index in [1.165, 1.54) is 11.8 Å². The SMILES string of the molecule is Cn1ccnc1Sc1ccc(NC(=O)CSc2ccc(Br)cc2)cc1. The normalized spacial score (nSPS) is 10.6. The van der Waals surface area contributed by atoms with Gasteiger partial charge in [0.15, 0.2) is 5.16 Å². The third-order valence-corrected chi connectivity index (χ3v) is 5.93. The van der Waals surface area contributed by atoms with Crippen molar-refractivity contribution >= 4 is 51.0 Å². The zero-order valence-corrected chi connectivity index (χ0v) is 16.7. The van der Waals surface area contributed by atoms with Crippen LogP contribution in [0.25, 0.3) is 0 Å². The van der Waals surface area contributed by atoms with E-state index in [0.717, 1.165) is 25.1 Å². The molecule has 1 heterocycles. The van der Waals surface area contributed by atoms with Crippen LogP contribution in [0.15, 0.2) is 80.3 Å². The molecule has 0 bridgehead atoms. The minimum absolute atomic E-state index is 0.0163. The molecule has 3 rings (SSSR count). The molecule has 2 aromatic carbocycles. The summed E-state index contributed by atoms with van der Waals surface area (Å²) in [6.45, 7) is 0. The number of benzene rings is 2. The first-order chi connectivity index (χ1) is 12.1. The summed E-state index contributed by atoms with van der Waals surface area (Å²) in [7, 11) is 1.97. The monoisotopic (exact) mass is 433 g/mol. The number of imidazole rings is 1. The summed E-state index contributed by atoms with van der Waals surface area (Å²) in [6.07, 6.45) is 3.69. The molecule has 0 fully saturated rings. The third kappa shape index (κ3) is 5.39. The minimum Gasteiger partial charge on any atom is -0.329 e. The first kappa shape index (κ1) is 18.1. The number of rotatable bonds is 6. The van der Waals surface area contributed by atoms with Gasteiger partial charge in [0.2, 0.25) is 5.91 Å². The second-order valence-corrected chi connectivity index (χ2v) is 8.24. The van der Waals surface area contributed by atoms with Gasteiger partial charge in [0, 0.05) is 39.4 Å². The molecule has 25 heavy (non-hydrogen) atoms. The number of aromatic nitrogens is 2. The standard InChI is InChI=1S/C18H16BrN3OS2/c1-22-11-10-20-18(22)25-16-8-4-14(5-9-16)21-17(23)12-24-15-6-2-13(19)3-7-15/h2-11H,12H2,1H3,(H,21,23).